The topological polar surface area (TPSA) is 34.2 Å². The molecule has 23 heavy (non-hydrogen) atoms. The first-order valence-electron chi connectivity index (χ1n) is 8.71. The lowest BCUT2D eigenvalue weighted by Crippen LogP contribution is -2.40. The van der Waals surface area contributed by atoms with Gasteiger partial charge in [0, 0.05) is 24.2 Å². The molecule has 0 aliphatic heterocycles. The molecule has 5 nitrogen and oxygen atoms in total. The van der Waals surface area contributed by atoms with Gasteiger partial charge in [0.25, 0.3) is 0 Å². The van der Waals surface area contributed by atoms with E-state index in [9.17, 15) is 0 Å². The fraction of sp³-hybridized carbons (Fsp3) is 1.00. The average Bonchev–Trinajstić information content (AvgIpc) is 2.42. The Bertz CT molecular complexity index is 257. The molecular weight excluding hydrogens is 292 g/mol. The zero-order chi connectivity index (χ0) is 17.9. The third kappa shape index (κ3) is 12.8. The molecule has 0 aromatic rings. The van der Waals surface area contributed by atoms with E-state index in [0.717, 1.165) is 26.3 Å². The van der Waals surface area contributed by atoms with Crippen LogP contribution in [0.1, 0.15) is 41.5 Å². The summed E-state index contributed by atoms with van der Waals surface area (Å²) in [7, 11) is 4.24. The summed E-state index contributed by atoms with van der Waals surface area (Å²) in [6.07, 6.45) is 0. The van der Waals surface area contributed by atoms with Crippen molar-refractivity contribution in [3.05, 3.63) is 0 Å². The summed E-state index contributed by atoms with van der Waals surface area (Å²) in [4.78, 5) is 4.58. The molecule has 0 saturated heterocycles. The third-order valence-corrected chi connectivity index (χ3v) is 4.18. The molecule has 0 heterocycles. The second-order valence-electron chi connectivity index (χ2n) is 8.02. The molecule has 0 aliphatic carbocycles. The first-order valence-corrected chi connectivity index (χ1v) is 8.71. The van der Waals surface area contributed by atoms with Crippen molar-refractivity contribution in [3.8, 4) is 0 Å². The highest BCUT2D eigenvalue weighted by atomic mass is 16.5. The van der Waals surface area contributed by atoms with E-state index in [1.54, 1.807) is 0 Å². The van der Waals surface area contributed by atoms with Gasteiger partial charge in [-0.1, -0.05) is 0 Å². The van der Waals surface area contributed by atoms with Crippen molar-refractivity contribution in [1.82, 2.24) is 9.80 Å². The quantitative estimate of drug-likeness (QED) is 0.513. The van der Waals surface area contributed by atoms with Crippen LogP contribution < -0.4 is 0 Å². The number of hydrogen-bond acceptors (Lipinski definition) is 5. The summed E-state index contributed by atoms with van der Waals surface area (Å²) >= 11 is 0. The van der Waals surface area contributed by atoms with Crippen molar-refractivity contribution in [3.63, 3.8) is 0 Å². The molecule has 0 spiro atoms. The molecule has 0 fully saturated rings. The number of hydrogen-bond donors (Lipinski definition) is 0. The monoisotopic (exact) mass is 332 g/mol. The Kier molecular flexibility index (Phi) is 11.3. The predicted octanol–water partition coefficient (Wildman–Crippen LogP) is 2.50. The van der Waals surface area contributed by atoms with Gasteiger partial charge in [0.1, 0.15) is 0 Å². The summed E-state index contributed by atoms with van der Waals surface area (Å²) in [5, 5.41) is 0. The van der Waals surface area contributed by atoms with Crippen LogP contribution in [-0.4, -0.2) is 87.7 Å². The minimum absolute atomic E-state index is 0.193. The number of rotatable bonds is 12. The maximum Gasteiger partial charge on any atom is 0.0701 e. The zero-order valence-electron chi connectivity index (χ0n) is 16.8. The Morgan fingerprint density at radius 2 is 0.783 bits per heavy atom. The van der Waals surface area contributed by atoms with E-state index in [0.29, 0.717) is 26.4 Å². The normalized spacial score (nSPS) is 13.3. The molecule has 0 rings (SSSR count). The van der Waals surface area contributed by atoms with Gasteiger partial charge in [0.2, 0.25) is 0 Å². The summed E-state index contributed by atoms with van der Waals surface area (Å²) in [6, 6.07) is 0. The lowest BCUT2D eigenvalue weighted by atomic mass is 10.1. The molecule has 0 atom stereocenters. The molecule has 0 saturated carbocycles. The Labute approximate surface area is 144 Å². The maximum atomic E-state index is 5.58. The largest absolute Gasteiger partial charge is 0.378 e. The smallest absolute Gasteiger partial charge is 0.0701 e. The Morgan fingerprint density at radius 1 is 0.522 bits per heavy atom. The van der Waals surface area contributed by atoms with Crippen molar-refractivity contribution >= 4 is 0 Å². The number of likely N-dealkylation sites (N-methyl/N-ethyl adjacent to an activating group) is 2. The minimum atomic E-state index is 0.193. The van der Waals surface area contributed by atoms with Crippen molar-refractivity contribution in [2.75, 3.05) is 66.8 Å². The van der Waals surface area contributed by atoms with Crippen molar-refractivity contribution < 1.29 is 14.2 Å². The van der Waals surface area contributed by atoms with Crippen LogP contribution in [0, 0.1) is 0 Å². The van der Waals surface area contributed by atoms with E-state index >= 15 is 0 Å². The first-order chi connectivity index (χ1) is 10.5. The highest BCUT2D eigenvalue weighted by Gasteiger charge is 2.16. The van der Waals surface area contributed by atoms with E-state index in [2.05, 4.69) is 65.4 Å². The molecule has 0 aromatic heterocycles. The van der Waals surface area contributed by atoms with E-state index < -0.39 is 0 Å². The summed E-state index contributed by atoms with van der Waals surface area (Å²) in [5.41, 5.74) is 0.385. The van der Waals surface area contributed by atoms with Gasteiger partial charge in [-0.05, 0) is 55.6 Å². The highest BCUT2D eigenvalue weighted by molar-refractivity contribution is 4.72. The van der Waals surface area contributed by atoms with Gasteiger partial charge in [0.05, 0.1) is 39.6 Å². The van der Waals surface area contributed by atoms with Crippen LogP contribution in [0.3, 0.4) is 0 Å². The van der Waals surface area contributed by atoms with Gasteiger partial charge in [-0.2, -0.15) is 0 Å². The van der Waals surface area contributed by atoms with E-state index in [1.807, 2.05) is 0 Å². The van der Waals surface area contributed by atoms with Crippen LogP contribution in [0.4, 0.5) is 0 Å². The van der Waals surface area contributed by atoms with Crippen LogP contribution in [-0.2, 0) is 14.2 Å². The van der Waals surface area contributed by atoms with E-state index in [1.165, 1.54) is 0 Å². The number of nitrogens with zero attached hydrogens (tertiary/aromatic N) is 2. The van der Waals surface area contributed by atoms with E-state index in [-0.39, 0.29) is 11.1 Å². The predicted molar refractivity (Wildman–Crippen MR) is 97.2 cm³/mol. The maximum absolute atomic E-state index is 5.58. The van der Waals surface area contributed by atoms with Crippen LogP contribution in [0.15, 0.2) is 0 Å². The second-order valence-corrected chi connectivity index (χ2v) is 8.02. The molecule has 0 radical (unpaired) electrons. The van der Waals surface area contributed by atoms with Gasteiger partial charge in [-0.15, -0.1) is 0 Å². The molecule has 140 valence electrons. The highest BCUT2D eigenvalue weighted by Crippen LogP contribution is 2.09. The Hall–Kier alpha value is -0.200. The molecule has 0 amide bonds. The number of ether oxygens (including phenoxy) is 3. The molecule has 0 aliphatic rings. The summed E-state index contributed by atoms with van der Waals surface area (Å²) in [6.45, 7) is 19.1. The molecular formula is C18H40N2O3. The molecule has 5 heteroatoms. The standard InChI is InChI=1S/C18H40N2O3/c1-17(2,3)19(7)9-11-21-13-15-23-16-14-22-12-10-20(8)18(4,5)6/h9-16H2,1-8H3. The van der Waals surface area contributed by atoms with Gasteiger partial charge < -0.3 is 14.2 Å². The fourth-order valence-corrected chi connectivity index (χ4v) is 1.62. The first kappa shape index (κ1) is 22.8. The van der Waals surface area contributed by atoms with Gasteiger partial charge in [0.15, 0.2) is 0 Å². The summed E-state index contributed by atoms with van der Waals surface area (Å²) < 4.78 is 16.7. The van der Waals surface area contributed by atoms with E-state index in [4.69, 9.17) is 14.2 Å². The molecule has 0 bridgehead atoms. The van der Waals surface area contributed by atoms with Gasteiger partial charge in [-0.25, -0.2) is 0 Å². The molecule has 0 aromatic carbocycles. The van der Waals surface area contributed by atoms with Crippen molar-refractivity contribution in [2.24, 2.45) is 0 Å². The Morgan fingerprint density at radius 3 is 1.04 bits per heavy atom. The average molecular weight is 333 g/mol. The lowest BCUT2D eigenvalue weighted by Gasteiger charge is -2.31. The summed E-state index contributed by atoms with van der Waals surface area (Å²) in [5.74, 6) is 0. The van der Waals surface area contributed by atoms with Crippen LogP contribution in [0.5, 0.6) is 0 Å². The van der Waals surface area contributed by atoms with Crippen LogP contribution >= 0.6 is 0 Å². The second kappa shape index (κ2) is 11.4. The van der Waals surface area contributed by atoms with Gasteiger partial charge >= 0.3 is 0 Å². The minimum Gasteiger partial charge on any atom is -0.378 e. The van der Waals surface area contributed by atoms with Crippen molar-refractivity contribution in [2.45, 2.75) is 52.6 Å². The van der Waals surface area contributed by atoms with Gasteiger partial charge in [-0.3, -0.25) is 9.80 Å². The van der Waals surface area contributed by atoms with Crippen molar-refractivity contribution in [1.29, 1.82) is 0 Å². The fourth-order valence-electron chi connectivity index (χ4n) is 1.62. The molecule has 0 unspecified atom stereocenters. The van der Waals surface area contributed by atoms with Crippen LogP contribution in [0.2, 0.25) is 0 Å². The lowest BCUT2D eigenvalue weighted by molar-refractivity contribution is 0.00229. The molecule has 0 N–H and O–H groups in total. The Balaban J connectivity index is 3.32. The SMILES string of the molecule is CN(CCOCCOCCOCCN(C)C(C)(C)C)C(C)(C)C. The zero-order valence-corrected chi connectivity index (χ0v) is 16.8. The van der Waals surface area contributed by atoms with Crippen LogP contribution in [0.25, 0.3) is 0 Å². The third-order valence-electron chi connectivity index (χ3n) is 4.18.